The third kappa shape index (κ3) is 2.91. The molecule has 1 aromatic heterocycles. The van der Waals surface area contributed by atoms with Crippen molar-refractivity contribution in [3.63, 3.8) is 0 Å². The van der Waals surface area contributed by atoms with Gasteiger partial charge in [0.2, 0.25) is 0 Å². The SMILES string of the molecule is CCc1[nH]ccc1C(=O)NC[C@H]1CC[C@@H](CO)O1. The van der Waals surface area contributed by atoms with Gasteiger partial charge in [0.25, 0.3) is 5.91 Å². The summed E-state index contributed by atoms with van der Waals surface area (Å²) in [6, 6.07) is 1.79. The highest BCUT2D eigenvalue weighted by atomic mass is 16.5. The van der Waals surface area contributed by atoms with E-state index in [1.807, 2.05) is 6.92 Å². The molecule has 0 radical (unpaired) electrons. The fourth-order valence-electron chi connectivity index (χ4n) is 2.28. The van der Waals surface area contributed by atoms with Crippen LogP contribution in [0, 0.1) is 0 Å². The highest BCUT2D eigenvalue weighted by Crippen LogP contribution is 2.18. The quantitative estimate of drug-likeness (QED) is 0.727. The number of ether oxygens (including phenoxy) is 1. The molecule has 5 nitrogen and oxygen atoms in total. The lowest BCUT2D eigenvalue weighted by Crippen LogP contribution is -2.32. The lowest BCUT2D eigenvalue weighted by atomic mass is 10.1. The minimum Gasteiger partial charge on any atom is -0.394 e. The number of carbonyl (C=O) groups excluding carboxylic acids is 1. The summed E-state index contributed by atoms with van der Waals surface area (Å²) in [5.41, 5.74) is 1.65. The molecule has 0 unspecified atom stereocenters. The summed E-state index contributed by atoms with van der Waals surface area (Å²) in [5.74, 6) is -0.0656. The molecule has 1 aliphatic rings. The smallest absolute Gasteiger partial charge is 0.253 e. The van der Waals surface area contributed by atoms with E-state index in [-0.39, 0.29) is 24.7 Å². The van der Waals surface area contributed by atoms with Gasteiger partial charge >= 0.3 is 0 Å². The third-order valence-electron chi connectivity index (χ3n) is 3.32. The third-order valence-corrected chi connectivity index (χ3v) is 3.32. The van der Waals surface area contributed by atoms with Crippen molar-refractivity contribution >= 4 is 5.91 Å². The van der Waals surface area contributed by atoms with Crippen molar-refractivity contribution in [2.24, 2.45) is 0 Å². The molecule has 3 N–H and O–H groups in total. The van der Waals surface area contributed by atoms with E-state index >= 15 is 0 Å². The largest absolute Gasteiger partial charge is 0.394 e. The van der Waals surface area contributed by atoms with Gasteiger partial charge in [0, 0.05) is 18.4 Å². The maximum atomic E-state index is 12.0. The average Bonchev–Trinajstić information content (AvgIpc) is 3.04. The second-order valence-corrected chi connectivity index (χ2v) is 4.57. The zero-order valence-electron chi connectivity index (χ0n) is 10.6. The fraction of sp³-hybridized carbons (Fsp3) is 0.615. The Morgan fingerprint density at radius 2 is 2.33 bits per heavy atom. The molecule has 1 aliphatic heterocycles. The number of nitrogens with one attached hydrogen (secondary N) is 2. The maximum Gasteiger partial charge on any atom is 0.253 e. The molecule has 2 atom stereocenters. The summed E-state index contributed by atoms with van der Waals surface area (Å²) < 4.78 is 5.56. The summed E-state index contributed by atoms with van der Waals surface area (Å²) in [5, 5.41) is 11.8. The van der Waals surface area contributed by atoms with E-state index in [0.717, 1.165) is 25.0 Å². The Hall–Kier alpha value is -1.33. The molecule has 1 amide bonds. The van der Waals surface area contributed by atoms with Crippen LogP contribution in [0.2, 0.25) is 0 Å². The van der Waals surface area contributed by atoms with E-state index in [4.69, 9.17) is 9.84 Å². The van der Waals surface area contributed by atoms with Gasteiger partial charge in [-0.25, -0.2) is 0 Å². The van der Waals surface area contributed by atoms with Gasteiger partial charge in [-0.1, -0.05) is 6.92 Å². The molecule has 0 saturated carbocycles. The van der Waals surface area contributed by atoms with Gasteiger partial charge in [0.05, 0.1) is 24.4 Å². The monoisotopic (exact) mass is 252 g/mol. The van der Waals surface area contributed by atoms with Gasteiger partial charge in [-0.2, -0.15) is 0 Å². The number of aliphatic hydroxyl groups is 1. The lowest BCUT2D eigenvalue weighted by molar-refractivity contribution is 0.0125. The van der Waals surface area contributed by atoms with Gasteiger partial charge in [-0.05, 0) is 25.3 Å². The first-order valence-corrected chi connectivity index (χ1v) is 6.45. The molecular formula is C13H20N2O3. The molecule has 1 saturated heterocycles. The second-order valence-electron chi connectivity index (χ2n) is 4.57. The van der Waals surface area contributed by atoms with E-state index in [0.29, 0.717) is 12.1 Å². The number of aromatic amines is 1. The molecule has 1 aromatic rings. The predicted octanol–water partition coefficient (Wildman–Crippen LogP) is 0.847. The highest BCUT2D eigenvalue weighted by Gasteiger charge is 2.25. The van der Waals surface area contributed by atoms with Crippen molar-refractivity contribution in [3.8, 4) is 0 Å². The van der Waals surface area contributed by atoms with Gasteiger partial charge in [-0.3, -0.25) is 4.79 Å². The van der Waals surface area contributed by atoms with E-state index in [1.165, 1.54) is 0 Å². The number of H-pyrrole nitrogens is 1. The van der Waals surface area contributed by atoms with Crippen LogP contribution >= 0.6 is 0 Å². The van der Waals surface area contributed by atoms with Crippen LogP contribution < -0.4 is 5.32 Å². The van der Waals surface area contributed by atoms with Gasteiger partial charge in [0.15, 0.2) is 0 Å². The van der Waals surface area contributed by atoms with Crippen LogP contribution in [-0.4, -0.2) is 41.4 Å². The standard InChI is InChI=1S/C13H20N2O3/c1-2-12-11(5-6-14-12)13(17)15-7-9-3-4-10(8-16)18-9/h5-6,9-10,14,16H,2-4,7-8H2,1H3,(H,15,17)/t9-,10+/m1/s1. The van der Waals surface area contributed by atoms with Crippen LogP contribution in [0.4, 0.5) is 0 Å². The van der Waals surface area contributed by atoms with E-state index in [2.05, 4.69) is 10.3 Å². The zero-order chi connectivity index (χ0) is 13.0. The van der Waals surface area contributed by atoms with Crippen LogP contribution in [0.1, 0.15) is 35.8 Å². The van der Waals surface area contributed by atoms with Gasteiger partial charge in [0.1, 0.15) is 0 Å². The first-order chi connectivity index (χ1) is 8.74. The second kappa shape index (κ2) is 6.02. The van der Waals surface area contributed by atoms with Crippen LogP contribution in [0.15, 0.2) is 12.3 Å². The van der Waals surface area contributed by atoms with Gasteiger partial charge in [-0.15, -0.1) is 0 Å². The normalized spacial score (nSPS) is 23.2. The van der Waals surface area contributed by atoms with Crippen molar-refractivity contribution in [1.82, 2.24) is 10.3 Å². The number of aryl methyl sites for hydroxylation is 1. The first-order valence-electron chi connectivity index (χ1n) is 6.45. The van der Waals surface area contributed by atoms with Crippen molar-refractivity contribution in [1.29, 1.82) is 0 Å². The molecule has 5 heteroatoms. The number of rotatable bonds is 5. The molecule has 2 rings (SSSR count). The Bertz CT molecular complexity index is 403. The highest BCUT2D eigenvalue weighted by molar-refractivity contribution is 5.95. The molecule has 0 spiro atoms. The Kier molecular flexibility index (Phi) is 4.38. The molecular weight excluding hydrogens is 232 g/mol. The summed E-state index contributed by atoms with van der Waals surface area (Å²) in [7, 11) is 0. The summed E-state index contributed by atoms with van der Waals surface area (Å²) in [4.78, 5) is 15.0. The van der Waals surface area contributed by atoms with Crippen LogP contribution in [0.25, 0.3) is 0 Å². The van der Waals surface area contributed by atoms with Crippen LogP contribution in [0.5, 0.6) is 0 Å². The Morgan fingerprint density at radius 1 is 1.56 bits per heavy atom. The number of hydrogen-bond acceptors (Lipinski definition) is 3. The predicted molar refractivity (Wildman–Crippen MR) is 67.5 cm³/mol. The Morgan fingerprint density at radius 3 is 3.00 bits per heavy atom. The van der Waals surface area contributed by atoms with Crippen LogP contribution in [-0.2, 0) is 11.2 Å². The number of aromatic nitrogens is 1. The summed E-state index contributed by atoms with van der Waals surface area (Å²) >= 11 is 0. The van der Waals surface area contributed by atoms with Gasteiger partial charge < -0.3 is 20.1 Å². The lowest BCUT2D eigenvalue weighted by Gasteiger charge is -2.13. The van der Waals surface area contributed by atoms with Crippen molar-refractivity contribution in [3.05, 3.63) is 23.5 Å². The molecule has 1 fully saturated rings. The van der Waals surface area contributed by atoms with E-state index < -0.39 is 0 Å². The molecule has 0 aromatic carbocycles. The van der Waals surface area contributed by atoms with E-state index in [1.54, 1.807) is 12.3 Å². The number of amides is 1. The zero-order valence-corrected chi connectivity index (χ0v) is 10.6. The number of carbonyl (C=O) groups is 1. The average molecular weight is 252 g/mol. The topological polar surface area (TPSA) is 74.4 Å². The Balaban J connectivity index is 1.82. The Labute approximate surface area is 107 Å². The molecule has 2 heterocycles. The molecule has 0 aliphatic carbocycles. The maximum absolute atomic E-state index is 12.0. The van der Waals surface area contributed by atoms with Crippen molar-refractivity contribution in [2.75, 3.05) is 13.2 Å². The van der Waals surface area contributed by atoms with Crippen LogP contribution in [0.3, 0.4) is 0 Å². The van der Waals surface area contributed by atoms with E-state index in [9.17, 15) is 4.79 Å². The molecule has 18 heavy (non-hydrogen) atoms. The minimum absolute atomic E-state index is 0.0233. The van der Waals surface area contributed by atoms with Crippen molar-refractivity contribution < 1.29 is 14.6 Å². The fourth-order valence-corrected chi connectivity index (χ4v) is 2.28. The number of hydrogen-bond donors (Lipinski definition) is 3. The number of aliphatic hydroxyl groups excluding tert-OH is 1. The first kappa shape index (κ1) is 13.1. The summed E-state index contributed by atoms with van der Waals surface area (Å²) in [6.45, 7) is 2.57. The minimum atomic E-state index is -0.0656. The van der Waals surface area contributed by atoms with Crippen molar-refractivity contribution in [2.45, 2.75) is 38.4 Å². The molecule has 0 bridgehead atoms. The molecule has 100 valence electrons. The summed E-state index contributed by atoms with van der Waals surface area (Å²) in [6.07, 6.45) is 4.30.